The number of anilines is 1. The van der Waals surface area contributed by atoms with Gasteiger partial charge >= 0.3 is 6.09 Å². The quantitative estimate of drug-likeness (QED) is 0.728. The zero-order chi connectivity index (χ0) is 18.6. The van der Waals surface area contributed by atoms with Crippen LogP contribution in [0.15, 0.2) is 28.7 Å². The number of nitrogens with zero attached hydrogens (tertiary/aromatic N) is 3. The summed E-state index contributed by atoms with van der Waals surface area (Å²) < 4.78 is 8.67. The summed E-state index contributed by atoms with van der Waals surface area (Å²) in [6, 6.07) is 7.68. The molecule has 6 nitrogen and oxygen atoms in total. The third kappa shape index (κ3) is 4.98. The van der Waals surface area contributed by atoms with E-state index in [4.69, 9.17) is 4.74 Å². The first-order chi connectivity index (χ1) is 11.8. The Labute approximate surface area is 156 Å². The van der Waals surface area contributed by atoms with Crippen molar-refractivity contribution in [3.05, 3.63) is 40.0 Å². The van der Waals surface area contributed by atoms with Crippen LogP contribution in [0.1, 0.15) is 32.0 Å². The first kappa shape index (κ1) is 19.3. The molecule has 1 aromatic heterocycles. The maximum atomic E-state index is 11.3. The van der Waals surface area contributed by atoms with Crippen LogP contribution < -0.4 is 9.64 Å². The highest BCUT2D eigenvalue weighted by Crippen LogP contribution is 2.26. The number of carbonyl (C=O) groups is 1. The molecule has 0 aliphatic carbocycles. The lowest BCUT2D eigenvalue weighted by atomic mass is 10.2. The largest absolute Gasteiger partial charge is 0.493 e. The van der Waals surface area contributed by atoms with Gasteiger partial charge in [0.1, 0.15) is 5.75 Å². The number of aromatic nitrogens is 2. The van der Waals surface area contributed by atoms with E-state index in [0.29, 0.717) is 31.4 Å². The van der Waals surface area contributed by atoms with Crippen LogP contribution in [-0.2, 0) is 6.54 Å². The molecule has 0 saturated heterocycles. The Kier molecular flexibility index (Phi) is 6.47. The van der Waals surface area contributed by atoms with E-state index in [1.807, 2.05) is 25.1 Å². The van der Waals surface area contributed by atoms with Crippen molar-refractivity contribution in [1.82, 2.24) is 9.78 Å². The van der Waals surface area contributed by atoms with Gasteiger partial charge in [0, 0.05) is 28.3 Å². The molecular weight excluding hydrogens is 386 g/mol. The molecule has 1 N–H and O–H groups in total. The molecule has 0 aliphatic rings. The van der Waals surface area contributed by atoms with Crippen LogP contribution in [0, 0.1) is 12.8 Å². The number of amides is 1. The van der Waals surface area contributed by atoms with Crippen molar-refractivity contribution in [2.75, 3.05) is 18.1 Å². The van der Waals surface area contributed by atoms with E-state index >= 15 is 0 Å². The van der Waals surface area contributed by atoms with E-state index in [2.05, 4.69) is 34.9 Å². The summed E-state index contributed by atoms with van der Waals surface area (Å²) in [5.74, 6) is 1.69. The maximum absolute atomic E-state index is 11.3. The fourth-order valence-corrected chi connectivity index (χ4v) is 2.82. The molecule has 1 aromatic carbocycles. The summed E-state index contributed by atoms with van der Waals surface area (Å²) in [5, 5.41) is 13.7. The van der Waals surface area contributed by atoms with Crippen LogP contribution in [0.5, 0.6) is 5.75 Å². The number of aryl methyl sites for hydroxylation is 1. The van der Waals surface area contributed by atoms with Gasteiger partial charge in [0.05, 0.1) is 13.2 Å². The van der Waals surface area contributed by atoms with Crippen molar-refractivity contribution >= 4 is 27.8 Å². The van der Waals surface area contributed by atoms with E-state index in [9.17, 15) is 9.90 Å². The lowest BCUT2D eigenvalue weighted by Gasteiger charge is -2.15. The van der Waals surface area contributed by atoms with E-state index in [0.717, 1.165) is 21.5 Å². The fourth-order valence-electron chi connectivity index (χ4n) is 2.41. The van der Waals surface area contributed by atoms with Crippen LogP contribution in [-0.4, -0.2) is 34.1 Å². The normalized spacial score (nSPS) is 11.0. The first-order valence-electron chi connectivity index (χ1n) is 8.28. The van der Waals surface area contributed by atoms with E-state index in [1.165, 1.54) is 4.90 Å². The number of halogens is 1. The fraction of sp³-hybridized carbons (Fsp3) is 0.444. The van der Waals surface area contributed by atoms with Crippen LogP contribution >= 0.6 is 15.9 Å². The Bertz CT molecular complexity index is 743. The van der Waals surface area contributed by atoms with Gasteiger partial charge in [-0.2, -0.15) is 5.10 Å². The minimum atomic E-state index is -1.00. The third-order valence-electron chi connectivity index (χ3n) is 3.71. The molecule has 136 valence electrons. The molecule has 0 bridgehead atoms. The summed E-state index contributed by atoms with van der Waals surface area (Å²) >= 11 is 3.50. The molecule has 2 rings (SSSR count). The van der Waals surface area contributed by atoms with Crippen molar-refractivity contribution in [1.29, 1.82) is 0 Å². The summed E-state index contributed by atoms with van der Waals surface area (Å²) in [6.45, 7) is 9.41. The molecule has 0 unspecified atom stereocenters. The molecule has 0 spiro atoms. The van der Waals surface area contributed by atoms with Gasteiger partial charge in [0.15, 0.2) is 5.82 Å². The van der Waals surface area contributed by atoms with Gasteiger partial charge < -0.3 is 9.84 Å². The lowest BCUT2D eigenvalue weighted by Crippen LogP contribution is -2.29. The Morgan fingerprint density at radius 1 is 1.40 bits per heavy atom. The third-order valence-corrected chi connectivity index (χ3v) is 4.20. The average molecular weight is 410 g/mol. The summed E-state index contributed by atoms with van der Waals surface area (Å²) in [6.07, 6.45) is -1.00. The van der Waals surface area contributed by atoms with Crippen LogP contribution in [0.3, 0.4) is 0 Å². The Morgan fingerprint density at radius 3 is 2.72 bits per heavy atom. The predicted octanol–water partition coefficient (Wildman–Crippen LogP) is 4.54. The predicted molar refractivity (Wildman–Crippen MR) is 102 cm³/mol. The first-order valence-corrected chi connectivity index (χ1v) is 9.07. The minimum absolute atomic E-state index is 0.353. The number of benzene rings is 1. The second kappa shape index (κ2) is 8.38. The summed E-state index contributed by atoms with van der Waals surface area (Å²) in [5.41, 5.74) is 1.88. The van der Waals surface area contributed by atoms with E-state index in [1.54, 1.807) is 17.7 Å². The molecule has 25 heavy (non-hydrogen) atoms. The highest BCUT2D eigenvalue weighted by atomic mass is 79.9. The average Bonchev–Trinajstić information content (AvgIpc) is 2.87. The molecule has 0 fully saturated rings. The van der Waals surface area contributed by atoms with Crippen molar-refractivity contribution in [3.8, 4) is 5.75 Å². The Hall–Kier alpha value is -2.02. The Balaban J connectivity index is 2.29. The van der Waals surface area contributed by atoms with Crippen molar-refractivity contribution in [2.45, 2.75) is 34.2 Å². The molecule has 1 amide bonds. The van der Waals surface area contributed by atoms with Crippen molar-refractivity contribution in [3.63, 3.8) is 0 Å². The second-order valence-electron chi connectivity index (χ2n) is 6.29. The molecule has 7 heteroatoms. The lowest BCUT2D eigenvalue weighted by molar-refractivity contribution is 0.202. The summed E-state index contributed by atoms with van der Waals surface area (Å²) in [7, 11) is 0. The van der Waals surface area contributed by atoms with Gasteiger partial charge in [-0.15, -0.1) is 0 Å². The Morgan fingerprint density at radius 2 is 2.12 bits per heavy atom. The number of hydrogen-bond acceptors (Lipinski definition) is 3. The summed E-state index contributed by atoms with van der Waals surface area (Å²) in [4.78, 5) is 12.5. The topological polar surface area (TPSA) is 67.6 Å². The number of hydrogen-bond donors (Lipinski definition) is 1. The van der Waals surface area contributed by atoms with Gasteiger partial charge in [0.25, 0.3) is 0 Å². The molecule has 0 radical (unpaired) electrons. The van der Waals surface area contributed by atoms with Gasteiger partial charge in [0.2, 0.25) is 0 Å². The van der Waals surface area contributed by atoms with Crippen molar-refractivity contribution < 1.29 is 14.6 Å². The number of ether oxygens (including phenoxy) is 1. The molecule has 0 aliphatic heterocycles. The minimum Gasteiger partial charge on any atom is -0.493 e. The molecule has 0 atom stereocenters. The van der Waals surface area contributed by atoms with Gasteiger partial charge in [-0.05, 0) is 38.0 Å². The molecular formula is C18H24BrN3O3. The zero-order valence-electron chi connectivity index (χ0n) is 15.0. The van der Waals surface area contributed by atoms with Gasteiger partial charge in [-0.25, -0.2) is 4.79 Å². The van der Waals surface area contributed by atoms with Crippen LogP contribution in [0.25, 0.3) is 0 Å². The maximum Gasteiger partial charge on any atom is 0.413 e. The number of rotatable bonds is 7. The highest BCUT2D eigenvalue weighted by molar-refractivity contribution is 9.10. The van der Waals surface area contributed by atoms with E-state index in [-0.39, 0.29) is 0 Å². The van der Waals surface area contributed by atoms with Crippen LogP contribution in [0.2, 0.25) is 0 Å². The molecule has 1 heterocycles. The zero-order valence-corrected chi connectivity index (χ0v) is 16.6. The number of carboxylic acid groups (broad SMARTS) is 1. The highest BCUT2D eigenvalue weighted by Gasteiger charge is 2.17. The van der Waals surface area contributed by atoms with Gasteiger partial charge in [-0.1, -0.05) is 29.8 Å². The SMILES string of the molecule is CCN(C(=O)O)c1cc(C)n(Cc2cc(Br)ccc2OCC(C)C)n1. The smallest absolute Gasteiger partial charge is 0.413 e. The monoisotopic (exact) mass is 409 g/mol. The molecule has 2 aromatic rings. The van der Waals surface area contributed by atoms with Gasteiger partial charge in [-0.3, -0.25) is 9.58 Å². The van der Waals surface area contributed by atoms with Crippen molar-refractivity contribution in [2.24, 2.45) is 5.92 Å². The van der Waals surface area contributed by atoms with Crippen LogP contribution in [0.4, 0.5) is 10.6 Å². The molecule has 0 saturated carbocycles. The second-order valence-corrected chi connectivity index (χ2v) is 7.20. The standard InChI is InChI=1S/C18H24BrN3O3/c1-5-21(18(23)24)17-8-13(4)22(20-17)10-14-9-15(19)6-7-16(14)25-11-12(2)3/h6-9,12H,5,10-11H2,1-4H3,(H,23,24). The van der Waals surface area contributed by atoms with E-state index < -0.39 is 6.09 Å².